The summed E-state index contributed by atoms with van der Waals surface area (Å²) < 4.78 is 5.15. The second-order valence-electron chi connectivity index (χ2n) is 4.30. The third-order valence-electron chi connectivity index (χ3n) is 2.01. The van der Waals surface area contributed by atoms with Gasteiger partial charge in [-0.1, -0.05) is 20.8 Å². The van der Waals surface area contributed by atoms with E-state index in [0.29, 0.717) is 5.75 Å². The number of carbonyl (C=O) groups excluding carboxylic acids is 1. The summed E-state index contributed by atoms with van der Waals surface area (Å²) in [6.07, 6.45) is 1.65. The van der Waals surface area contributed by atoms with Crippen molar-refractivity contribution in [1.29, 1.82) is 0 Å². The molecule has 0 radical (unpaired) electrons. The Kier molecular flexibility index (Phi) is 3.43. The van der Waals surface area contributed by atoms with Crippen LogP contribution in [0.15, 0.2) is 21.6 Å². The molecule has 0 fully saturated rings. The number of Topliss-reactive ketones (excluding diaryl/α,β-unsaturated/α-hetero) is 1. The summed E-state index contributed by atoms with van der Waals surface area (Å²) in [7, 11) is 0. The second-order valence-corrected chi connectivity index (χ2v) is 5.32. The van der Waals surface area contributed by atoms with Crippen molar-refractivity contribution in [1.82, 2.24) is 0 Å². The maximum absolute atomic E-state index is 11.6. The first-order chi connectivity index (χ1) is 6.41. The monoisotopic (exact) mass is 212 g/mol. The molecule has 78 valence electrons. The fourth-order valence-electron chi connectivity index (χ4n) is 0.883. The van der Waals surface area contributed by atoms with Gasteiger partial charge in [0, 0.05) is 10.3 Å². The van der Waals surface area contributed by atoms with Crippen molar-refractivity contribution >= 4 is 17.5 Å². The molecule has 0 spiro atoms. The standard InChI is InChI=1S/C11H16O2S/c1-8-9(5-6-13-8)14-7-10(12)11(2,3)4/h5-6H,7H2,1-4H3. The molecule has 1 heterocycles. The minimum Gasteiger partial charge on any atom is -0.468 e. The highest BCUT2D eigenvalue weighted by Gasteiger charge is 2.21. The second kappa shape index (κ2) is 4.22. The maximum Gasteiger partial charge on any atom is 0.148 e. The van der Waals surface area contributed by atoms with Gasteiger partial charge in [0.15, 0.2) is 0 Å². The predicted octanol–water partition coefficient (Wildman–Crippen LogP) is 3.30. The van der Waals surface area contributed by atoms with Crippen molar-refractivity contribution in [2.24, 2.45) is 5.41 Å². The fourth-order valence-corrected chi connectivity index (χ4v) is 2.01. The normalized spacial score (nSPS) is 11.7. The van der Waals surface area contributed by atoms with Crippen molar-refractivity contribution < 1.29 is 9.21 Å². The van der Waals surface area contributed by atoms with Gasteiger partial charge in [0.25, 0.3) is 0 Å². The minimum absolute atomic E-state index is 0.245. The summed E-state index contributed by atoms with van der Waals surface area (Å²) in [6.45, 7) is 7.73. The summed E-state index contributed by atoms with van der Waals surface area (Å²) >= 11 is 1.55. The van der Waals surface area contributed by atoms with Gasteiger partial charge in [-0.05, 0) is 13.0 Å². The van der Waals surface area contributed by atoms with Gasteiger partial charge in [0.2, 0.25) is 0 Å². The van der Waals surface area contributed by atoms with Gasteiger partial charge < -0.3 is 4.42 Å². The molecule has 2 nitrogen and oxygen atoms in total. The van der Waals surface area contributed by atoms with E-state index < -0.39 is 0 Å². The van der Waals surface area contributed by atoms with Gasteiger partial charge >= 0.3 is 0 Å². The smallest absolute Gasteiger partial charge is 0.148 e. The number of hydrogen-bond acceptors (Lipinski definition) is 3. The molecule has 0 aromatic carbocycles. The molecule has 0 aliphatic carbocycles. The lowest BCUT2D eigenvalue weighted by Gasteiger charge is -2.15. The van der Waals surface area contributed by atoms with Gasteiger partial charge in [0.05, 0.1) is 12.0 Å². The van der Waals surface area contributed by atoms with Crippen molar-refractivity contribution in [3.05, 3.63) is 18.1 Å². The molecular formula is C11H16O2S. The molecule has 1 rings (SSSR count). The topological polar surface area (TPSA) is 30.2 Å². The largest absolute Gasteiger partial charge is 0.468 e. The fraction of sp³-hybridized carbons (Fsp3) is 0.545. The zero-order valence-corrected chi connectivity index (χ0v) is 9.90. The molecule has 0 N–H and O–H groups in total. The number of ketones is 1. The van der Waals surface area contributed by atoms with Crippen LogP contribution in [0.2, 0.25) is 0 Å². The van der Waals surface area contributed by atoms with Crippen LogP contribution in [0.25, 0.3) is 0 Å². The lowest BCUT2D eigenvalue weighted by Crippen LogP contribution is -2.21. The third kappa shape index (κ3) is 2.91. The predicted molar refractivity (Wildman–Crippen MR) is 58.6 cm³/mol. The van der Waals surface area contributed by atoms with Gasteiger partial charge in [-0.25, -0.2) is 0 Å². The molecule has 0 bridgehead atoms. The molecule has 0 aliphatic rings. The van der Waals surface area contributed by atoms with Crippen LogP contribution >= 0.6 is 11.8 Å². The lowest BCUT2D eigenvalue weighted by atomic mass is 9.92. The average Bonchev–Trinajstić information content (AvgIpc) is 2.45. The zero-order chi connectivity index (χ0) is 10.8. The van der Waals surface area contributed by atoms with Gasteiger partial charge in [-0.3, -0.25) is 4.79 Å². The Morgan fingerprint density at radius 1 is 1.50 bits per heavy atom. The summed E-state index contributed by atoms with van der Waals surface area (Å²) in [5.74, 6) is 1.67. The number of aryl methyl sites for hydroxylation is 1. The Bertz CT molecular complexity index is 320. The van der Waals surface area contributed by atoms with E-state index in [-0.39, 0.29) is 11.2 Å². The molecule has 0 aliphatic heterocycles. The van der Waals surface area contributed by atoms with E-state index in [2.05, 4.69) is 0 Å². The maximum atomic E-state index is 11.6. The van der Waals surface area contributed by atoms with E-state index in [1.165, 1.54) is 0 Å². The van der Waals surface area contributed by atoms with E-state index in [9.17, 15) is 4.79 Å². The molecule has 1 aromatic heterocycles. The Morgan fingerprint density at radius 2 is 2.14 bits per heavy atom. The lowest BCUT2D eigenvalue weighted by molar-refractivity contribution is -0.123. The van der Waals surface area contributed by atoms with E-state index in [4.69, 9.17) is 4.42 Å². The van der Waals surface area contributed by atoms with Gasteiger partial charge in [0.1, 0.15) is 11.5 Å². The van der Waals surface area contributed by atoms with Crippen LogP contribution in [-0.2, 0) is 4.79 Å². The number of thioether (sulfide) groups is 1. The zero-order valence-electron chi connectivity index (χ0n) is 9.09. The van der Waals surface area contributed by atoms with Crippen molar-refractivity contribution in [2.75, 3.05) is 5.75 Å². The van der Waals surface area contributed by atoms with Crippen LogP contribution in [0.3, 0.4) is 0 Å². The number of furan rings is 1. The van der Waals surface area contributed by atoms with E-state index in [1.54, 1.807) is 18.0 Å². The minimum atomic E-state index is -0.245. The number of carbonyl (C=O) groups is 1. The van der Waals surface area contributed by atoms with Crippen LogP contribution in [-0.4, -0.2) is 11.5 Å². The molecule has 0 atom stereocenters. The van der Waals surface area contributed by atoms with Gasteiger partial charge in [-0.2, -0.15) is 0 Å². The molecule has 1 aromatic rings. The first kappa shape index (κ1) is 11.4. The summed E-state index contributed by atoms with van der Waals surface area (Å²) in [5.41, 5.74) is -0.245. The van der Waals surface area contributed by atoms with Crippen LogP contribution in [0, 0.1) is 12.3 Å². The van der Waals surface area contributed by atoms with E-state index in [0.717, 1.165) is 10.7 Å². The Labute approximate surface area is 89.1 Å². The van der Waals surface area contributed by atoms with Crippen LogP contribution in [0.4, 0.5) is 0 Å². The van der Waals surface area contributed by atoms with Crippen LogP contribution < -0.4 is 0 Å². The van der Waals surface area contributed by atoms with Crippen LogP contribution in [0.5, 0.6) is 0 Å². The highest BCUT2D eigenvalue weighted by Crippen LogP contribution is 2.26. The average molecular weight is 212 g/mol. The highest BCUT2D eigenvalue weighted by atomic mass is 32.2. The first-order valence-corrected chi connectivity index (χ1v) is 5.60. The number of hydrogen-bond donors (Lipinski definition) is 0. The molecule has 3 heteroatoms. The highest BCUT2D eigenvalue weighted by molar-refractivity contribution is 8.00. The molecule has 0 unspecified atom stereocenters. The van der Waals surface area contributed by atoms with Crippen LogP contribution in [0.1, 0.15) is 26.5 Å². The first-order valence-electron chi connectivity index (χ1n) is 4.61. The molecule has 0 amide bonds. The Morgan fingerprint density at radius 3 is 2.57 bits per heavy atom. The van der Waals surface area contributed by atoms with Crippen molar-refractivity contribution in [3.63, 3.8) is 0 Å². The quantitative estimate of drug-likeness (QED) is 0.720. The summed E-state index contributed by atoms with van der Waals surface area (Å²) in [5, 5.41) is 0. The Hall–Kier alpha value is -0.700. The summed E-state index contributed by atoms with van der Waals surface area (Å²) in [4.78, 5) is 12.7. The van der Waals surface area contributed by atoms with Gasteiger partial charge in [-0.15, -0.1) is 11.8 Å². The molecular weight excluding hydrogens is 196 g/mol. The SMILES string of the molecule is Cc1occc1SCC(=O)C(C)(C)C. The van der Waals surface area contributed by atoms with Crippen molar-refractivity contribution in [2.45, 2.75) is 32.6 Å². The van der Waals surface area contributed by atoms with E-state index >= 15 is 0 Å². The molecule has 0 saturated heterocycles. The third-order valence-corrected chi connectivity index (χ3v) is 3.15. The summed E-state index contributed by atoms with van der Waals surface area (Å²) in [6, 6.07) is 1.90. The van der Waals surface area contributed by atoms with E-state index in [1.807, 2.05) is 33.8 Å². The molecule has 0 saturated carbocycles. The Balaban J connectivity index is 2.50. The molecule has 14 heavy (non-hydrogen) atoms. The van der Waals surface area contributed by atoms with Crippen molar-refractivity contribution in [3.8, 4) is 0 Å². The number of rotatable bonds is 3.